The molecule has 1 aromatic carbocycles. The second kappa shape index (κ2) is 3.38. The van der Waals surface area contributed by atoms with Crippen LogP contribution >= 0.6 is 0 Å². The summed E-state index contributed by atoms with van der Waals surface area (Å²) < 4.78 is 0. The van der Waals surface area contributed by atoms with Crippen LogP contribution in [0.1, 0.15) is 30.5 Å². The van der Waals surface area contributed by atoms with Crippen molar-refractivity contribution >= 4 is 5.69 Å². The Kier molecular flexibility index (Phi) is 2.23. The Morgan fingerprint density at radius 3 is 3.15 bits per heavy atom. The van der Waals surface area contributed by atoms with Gasteiger partial charge in [0, 0.05) is 18.3 Å². The highest BCUT2D eigenvalue weighted by Gasteiger charge is 2.18. The molecule has 0 amide bonds. The van der Waals surface area contributed by atoms with Crippen molar-refractivity contribution in [2.75, 3.05) is 11.9 Å². The van der Waals surface area contributed by atoms with E-state index in [0.717, 1.165) is 19.4 Å². The normalized spacial score (nSPS) is 20.6. The van der Waals surface area contributed by atoms with Crippen LogP contribution in [0.25, 0.3) is 0 Å². The smallest absolute Gasteiger partial charge is 0.0391 e. The number of anilines is 1. The van der Waals surface area contributed by atoms with E-state index < -0.39 is 0 Å². The molecule has 0 radical (unpaired) electrons. The first-order valence-electron chi connectivity index (χ1n) is 4.94. The van der Waals surface area contributed by atoms with Crippen LogP contribution in [0.2, 0.25) is 0 Å². The topological polar surface area (TPSA) is 38.0 Å². The van der Waals surface area contributed by atoms with E-state index in [2.05, 4.69) is 30.4 Å². The fourth-order valence-electron chi connectivity index (χ4n) is 2.02. The van der Waals surface area contributed by atoms with E-state index >= 15 is 0 Å². The maximum Gasteiger partial charge on any atom is 0.0391 e. The summed E-state index contributed by atoms with van der Waals surface area (Å²) in [6.45, 7) is 3.18. The second-order valence-electron chi connectivity index (χ2n) is 3.55. The zero-order valence-electron chi connectivity index (χ0n) is 8.01. The molecule has 0 unspecified atom stereocenters. The Labute approximate surface area is 79.1 Å². The fraction of sp³-hybridized carbons (Fsp3) is 0.455. The van der Waals surface area contributed by atoms with Crippen molar-refractivity contribution in [1.82, 2.24) is 0 Å². The van der Waals surface area contributed by atoms with Gasteiger partial charge >= 0.3 is 0 Å². The van der Waals surface area contributed by atoms with Gasteiger partial charge in [0.05, 0.1) is 0 Å². The van der Waals surface area contributed by atoms with Gasteiger partial charge in [-0.2, -0.15) is 0 Å². The highest BCUT2D eigenvalue weighted by atomic mass is 14.9. The first-order chi connectivity index (χ1) is 6.33. The van der Waals surface area contributed by atoms with E-state index in [-0.39, 0.29) is 6.04 Å². The predicted molar refractivity (Wildman–Crippen MR) is 55.9 cm³/mol. The molecule has 1 aliphatic rings. The molecule has 0 spiro atoms. The molecule has 1 aliphatic heterocycles. The van der Waals surface area contributed by atoms with Gasteiger partial charge in [-0.25, -0.2) is 0 Å². The van der Waals surface area contributed by atoms with Gasteiger partial charge in [-0.15, -0.1) is 0 Å². The van der Waals surface area contributed by atoms with E-state index in [1.807, 2.05) is 0 Å². The molecular formula is C11H16N2. The summed E-state index contributed by atoms with van der Waals surface area (Å²) in [5.74, 6) is 0. The molecule has 13 heavy (non-hydrogen) atoms. The van der Waals surface area contributed by atoms with Crippen molar-refractivity contribution in [2.45, 2.75) is 25.8 Å². The predicted octanol–water partition coefficient (Wildman–Crippen LogP) is 2.06. The number of aryl methyl sites for hydroxylation is 1. The highest BCUT2D eigenvalue weighted by molar-refractivity contribution is 5.57. The monoisotopic (exact) mass is 176 g/mol. The summed E-state index contributed by atoms with van der Waals surface area (Å²) in [4.78, 5) is 0. The zero-order valence-corrected chi connectivity index (χ0v) is 8.01. The SMILES string of the molecule is CCc1cccc2c1[C@@H](N)CCN2. The van der Waals surface area contributed by atoms with Crippen LogP contribution in [0, 0.1) is 0 Å². The van der Waals surface area contributed by atoms with Crippen molar-refractivity contribution in [2.24, 2.45) is 5.73 Å². The summed E-state index contributed by atoms with van der Waals surface area (Å²) in [5.41, 5.74) is 10.0. The first kappa shape index (κ1) is 8.57. The summed E-state index contributed by atoms with van der Waals surface area (Å²) in [5, 5.41) is 3.39. The molecule has 0 bridgehead atoms. The van der Waals surface area contributed by atoms with Crippen LogP contribution in [0.5, 0.6) is 0 Å². The lowest BCUT2D eigenvalue weighted by molar-refractivity contribution is 0.647. The van der Waals surface area contributed by atoms with Crippen LogP contribution in [0.4, 0.5) is 5.69 Å². The molecule has 1 aromatic rings. The van der Waals surface area contributed by atoms with E-state index in [0.29, 0.717) is 0 Å². The maximum atomic E-state index is 6.08. The van der Waals surface area contributed by atoms with Gasteiger partial charge in [-0.3, -0.25) is 0 Å². The third kappa shape index (κ3) is 1.42. The third-order valence-electron chi connectivity index (χ3n) is 2.72. The third-order valence-corrected chi connectivity index (χ3v) is 2.72. The lowest BCUT2D eigenvalue weighted by atomic mass is 9.92. The zero-order chi connectivity index (χ0) is 9.26. The van der Waals surface area contributed by atoms with Crippen LogP contribution in [-0.4, -0.2) is 6.54 Å². The van der Waals surface area contributed by atoms with Crippen molar-refractivity contribution in [3.05, 3.63) is 29.3 Å². The van der Waals surface area contributed by atoms with Gasteiger partial charge in [0.25, 0.3) is 0 Å². The van der Waals surface area contributed by atoms with Gasteiger partial charge in [0.2, 0.25) is 0 Å². The van der Waals surface area contributed by atoms with Crippen LogP contribution < -0.4 is 11.1 Å². The van der Waals surface area contributed by atoms with Crippen molar-refractivity contribution in [3.8, 4) is 0 Å². The number of fused-ring (bicyclic) bond motifs is 1. The Balaban J connectivity index is 2.50. The maximum absolute atomic E-state index is 6.08. The Morgan fingerprint density at radius 1 is 1.54 bits per heavy atom. The van der Waals surface area contributed by atoms with E-state index in [1.165, 1.54) is 16.8 Å². The second-order valence-corrected chi connectivity index (χ2v) is 3.55. The van der Waals surface area contributed by atoms with Gasteiger partial charge < -0.3 is 11.1 Å². The molecule has 3 N–H and O–H groups in total. The molecule has 0 fully saturated rings. The molecule has 1 atom stereocenters. The van der Waals surface area contributed by atoms with Crippen molar-refractivity contribution in [1.29, 1.82) is 0 Å². The molecule has 2 rings (SSSR count). The van der Waals surface area contributed by atoms with Crippen molar-refractivity contribution in [3.63, 3.8) is 0 Å². The molecule has 0 aliphatic carbocycles. The number of benzene rings is 1. The van der Waals surface area contributed by atoms with Gasteiger partial charge in [-0.05, 0) is 30.0 Å². The van der Waals surface area contributed by atoms with Gasteiger partial charge in [-0.1, -0.05) is 19.1 Å². The van der Waals surface area contributed by atoms with E-state index in [1.54, 1.807) is 0 Å². The van der Waals surface area contributed by atoms with E-state index in [9.17, 15) is 0 Å². The standard InChI is InChI=1S/C11H16N2/c1-2-8-4-3-5-10-11(8)9(12)6-7-13-10/h3-5,9,13H,2,6-7,12H2,1H3/t9-/m0/s1. The number of hydrogen-bond acceptors (Lipinski definition) is 2. The summed E-state index contributed by atoms with van der Waals surface area (Å²) in [6.07, 6.45) is 2.11. The Morgan fingerprint density at radius 2 is 2.38 bits per heavy atom. The Hall–Kier alpha value is -1.02. The largest absolute Gasteiger partial charge is 0.385 e. The number of nitrogens with two attached hydrogens (primary N) is 1. The summed E-state index contributed by atoms with van der Waals surface area (Å²) >= 11 is 0. The minimum Gasteiger partial charge on any atom is -0.385 e. The molecular weight excluding hydrogens is 160 g/mol. The quantitative estimate of drug-likeness (QED) is 0.687. The molecule has 2 nitrogen and oxygen atoms in total. The fourth-order valence-corrected chi connectivity index (χ4v) is 2.02. The molecule has 0 saturated heterocycles. The minimum atomic E-state index is 0.229. The number of nitrogens with one attached hydrogen (secondary N) is 1. The summed E-state index contributed by atoms with van der Waals surface area (Å²) in [6, 6.07) is 6.62. The number of rotatable bonds is 1. The van der Waals surface area contributed by atoms with Crippen LogP contribution in [0.15, 0.2) is 18.2 Å². The van der Waals surface area contributed by atoms with Gasteiger partial charge in [0.15, 0.2) is 0 Å². The number of hydrogen-bond donors (Lipinski definition) is 2. The van der Waals surface area contributed by atoms with Gasteiger partial charge in [0.1, 0.15) is 0 Å². The van der Waals surface area contributed by atoms with Crippen molar-refractivity contribution < 1.29 is 0 Å². The average molecular weight is 176 g/mol. The average Bonchev–Trinajstić information content (AvgIpc) is 2.17. The molecule has 0 saturated carbocycles. The molecule has 0 aromatic heterocycles. The summed E-state index contributed by atoms with van der Waals surface area (Å²) in [7, 11) is 0. The lowest BCUT2D eigenvalue weighted by Gasteiger charge is -2.26. The minimum absolute atomic E-state index is 0.229. The Bertz CT molecular complexity index is 293. The lowest BCUT2D eigenvalue weighted by Crippen LogP contribution is -2.23. The molecule has 2 heteroatoms. The first-order valence-corrected chi connectivity index (χ1v) is 4.94. The molecule has 1 heterocycles. The highest BCUT2D eigenvalue weighted by Crippen LogP contribution is 2.31. The van der Waals surface area contributed by atoms with E-state index in [4.69, 9.17) is 5.73 Å². The molecule has 70 valence electrons. The van der Waals surface area contributed by atoms with Crippen LogP contribution in [-0.2, 0) is 6.42 Å². The van der Waals surface area contributed by atoms with Crippen LogP contribution in [0.3, 0.4) is 0 Å².